The summed E-state index contributed by atoms with van der Waals surface area (Å²) in [5, 5.41) is 12.1. The van der Waals surface area contributed by atoms with E-state index in [1.807, 2.05) is 11.4 Å². The molecule has 0 atom stereocenters. The maximum absolute atomic E-state index is 9.12. The van der Waals surface area contributed by atoms with Crippen molar-refractivity contribution in [3.63, 3.8) is 0 Å². The second kappa shape index (κ2) is 4.65. The van der Waals surface area contributed by atoms with Crippen LogP contribution in [0.5, 0.6) is 0 Å². The number of nitrogen functional groups attached to an aromatic ring is 1. The molecule has 94 valence electrons. The van der Waals surface area contributed by atoms with Gasteiger partial charge in [-0.05, 0) is 23.9 Å². The monoisotopic (exact) mass is 285 g/mol. The minimum Gasteiger partial charge on any atom is -0.396 e. The molecular weight excluding hydrogens is 274 g/mol. The first-order valence-electron chi connectivity index (χ1n) is 5.90. The van der Waals surface area contributed by atoms with Crippen LogP contribution >= 0.6 is 22.7 Å². The van der Waals surface area contributed by atoms with Crippen molar-refractivity contribution < 1.29 is 0 Å². The molecule has 3 heterocycles. The first kappa shape index (κ1) is 12.2. The zero-order valence-corrected chi connectivity index (χ0v) is 11.9. The molecule has 0 aromatic carbocycles. The number of nitrogens with zero attached hydrogens (tertiary/aromatic N) is 2. The van der Waals surface area contributed by atoms with E-state index in [0.29, 0.717) is 10.6 Å². The summed E-state index contributed by atoms with van der Waals surface area (Å²) in [6.07, 6.45) is 0.869. The van der Waals surface area contributed by atoms with E-state index in [-0.39, 0.29) is 0 Å². The highest BCUT2D eigenvalue weighted by Gasteiger charge is 2.16. The summed E-state index contributed by atoms with van der Waals surface area (Å²) in [7, 11) is 0. The Bertz CT molecular complexity index is 779. The SMILES string of the molecule is CCc1cc(-c2cccs2)c2c(N)c(C#N)sc2n1. The van der Waals surface area contributed by atoms with Gasteiger partial charge in [0.05, 0.1) is 5.69 Å². The Kier molecular flexibility index (Phi) is 2.97. The number of thiophene rings is 2. The Balaban J connectivity index is 2.41. The smallest absolute Gasteiger partial charge is 0.130 e. The average Bonchev–Trinajstić information content (AvgIpc) is 3.06. The molecule has 0 unspecified atom stereocenters. The summed E-state index contributed by atoms with van der Waals surface area (Å²) in [5.74, 6) is 0. The molecule has 19 heavy (non-hydrogen) atoms. The molecule has 0 amide bonds. The molecule has 2 N–H and O–H groups in total. The predicted molar refractivity (Wildman–Crippen MR) is 81.4 cm³/mol. The molecule has 0 fully saturated rings. The Labute approximate surface area is 118 Å². The molecule has 0 radical (unpaired) electrons. The van der Waals surface area contributed by atoms with Gasteiger partial charge in [0, 0.05) is 21.5 Å². The van der Waals surface area contributed by atoms with Crippen LogP contribution in [0.25, 0.3) is 20.7 Å². The number of hydrogen-bond acceptors (Lipinski definition) is 5. The van der Waals surface area contributed by atoms with Crippen LogP contribution in [0.2, 0.25) is 0 Å². The first-order valence-corrected chi connectivity index (χ1v) is 7.60. The fourth-order valence-electron chi connectivity index (χ4n) is 2.06. The van der Waals surface area contributed by atoms with Gasteiger partial charge in [0.2, 0.25) is 0 Å². The summed E-state index contributed by atoms with van der Waals surface area (Å²) in [4.78, 5) is 7.16. The summed E-state index contributed by atoms with van der Waals surface area (Å²) in [5.41, 5.74) is 8.78. The van der Waals surface area contributed by atoms with Gasteiger partial charge in [-0.3, -0.25) is 0 Å². The van der Waals surface area contributed by atoms with E-state index in [0.717, 1.165) is 32.8 Å². The largest absolute Gasteiger partial charge is 0.396 e. The zero-order valence-electron chi connectivity index (χ0n) is 10.3. The third kappa shape index (κ3) is 1.89. The van der Waals surface area contributed by atoms with E-state index in [1.165, 1.54) is 11.3 Å². The van der Waals surface area contributed by atoms with Crippen LogP contribution in [-0.2, 0) is 6.42 Å². The molecule has 0 aliphatic rings. The highest BCUT2D eigenvalue weighted by atomic mass is 32.1. The molecule has 3 nitrogen and oxygen atoms in total. The Morgan fingerprint density at radius 1 is 1.47 bits per heavy atom. The summed E-state index contributed by atoms with van der Waals surface area (Å²) in [6.45, 7) is 2.08. The fraction of sp³-hybridized carbons (Fsp3) is 0.143. The summed E-state index contributed by atoms with van der Waals surface area (Å²) in [6, 6.07) is 8.32. The van der Waals surface area contributed by atoms with E-state index in [4.69, 9.17) is 11.0 Å². The van der Waals surface area contributed by atoms with E-state index in [9.17, 15) is 0 Å². The lowest BCUT2D eigenvalue weighted by molar-refractivity contribution is 1.06. The fourth-order valence-corrected chi connectivity index (χ4v) is 3.75. The number of hydrogen-bond donors (Lipinski definition) is 1. The number of aryl methyl sites for hydroxylation is 1. The Morgan fingerprint density at radius 3 is 2.95 bits per heavy atom. The lowest BCUT2D eigenvalue weighted by Crippen LogP contribution is -1.91. The Hall–Kier alpha value is -1.90. The molecule has 0 aliphatic carbocycles. The average molecular weight is 285 g/mol. The third-order valence-electron chi connectivity index (χ3n) is 3.00. The molecule has 0 spiro atoms. The molecule has 0 saturated carbocycles. The van der Waals surface area contributed by atoms with Crippen molar-refractivity contribution in [2.24, 2.45) is 0 Å². The van der Waals surface area contributed by atoms with Crippen LogP contribution in [0.15, 0.2) is 23.6 Å². The summed E-state index contributed by atoms with van der Waals surface area (Å²) >= 11 is 3.05. The second-order valence-corrected chi connectivity index (χ2v) is 6.08. The van der Waals surface area contributed by atoms with Crippen molar-refractivity contribution in [3.05, 3.63) is 34.2 Å². The van der Waals surface area contributed by atoms with Crippen LogP contribution in [0.3, 0.4) is 0 Å². The van der Waals surface area contributed by atoms with Crippen molar-refractivity contribution in [1.29, 1.82) is 5.26 Å². The quantitative estimate of drug-likeness (QED) is 0.773. The molecule has 0 bridgehead atoms. The van der Waals surface area contributed by atoms with Crippen molar-refractivity contribution in [2.75, 3.05) is 5.73 Å². The molecule has 0 saturated heterocycles. The van der Waals surface area contributed by atoms with Crippen LogP contribution in [0.4, 0.5) is 5.69 Å². The molecule has 0 aliphatic heterocycles. The lowest BCUT2D eigenvalue weighted by Gasteiger charge is -2.04. The van der Waals surface area contributed by atoms with Crippen LogP contribution < -0.4 is 5.73 Å². The number of nitrogens with two attached hydrogens (primary N) is 1. The van der Waals surface area contributed by atoms with Gasteiger partial charge in [0.25, 0.3) is 0 Å². The number of fused-ring (bicyclic) bond motifs is 1. The minimum absolute atomic E-state index is 0.550. The van der Waals surface area contributed by atoms with Gasteiger partial charge in [-0.15, -0.1) is 22.7 Å². The van der Waals surface area contributed by atoms with Gasteiger partial charge in [-0.1, -0.05) is 13.0 Å². The topological polar surface area (TPSA) is 62.7 Å². The number of anilines is 1. The van der Waals surface area contributed by atoms with E-state index < -0.39 is 0 Å². The van der Waals surface area contributed by atoms with E-state index >= 15 is 0 Å². The minimum atomic E-state index is 0.550. The maximum Gasteiger partial charge on any atom is 0.130 e. The van der Waals surface area contributed by atoms with Gasteiger partial charge < -0.3 is 5.73 Å². The number of pyridine rings is 1. The van der Waals surface area contributed by atoms with Crippen molar-refractivity contribution in [1.82, 2.24) is 4.98 Å². The molecular formula is C14H11N3S2. The van der Waals surface area contributed by atoms with Gasteiger partial charge >= 0.3 is 0 Å². The third-order valence-corrected chi connectivity index (χ3v) is 4.91. The molecule has 3 aromatic rings. The van der Waals surface area contributed by atoms with Crippen LogP contribution in [0.1, 0.15) is 17.5 Å². The van der Waals surface area contributed by atoms with E-state index in [1.54, 1.807) is 11.3 Å². The first-order chi connectivity index (χ1) is 9.24. The summed E-state index contributed by atoms with van der Waals surface area (Å²) < 4.78 is 0. The molecule has 5 heteroatoms. The van der Waals surface area contributed by atoms with Gasteiger partial charge in [0.15, 0.2) is 0 Å². The van der Waals surface area contributed by atoms with E-state index in [2.05, 4.69) is 30.1 Å². The van der Waals surface area contributed by atoms with Crippen LogP contribution in [0, 0.1) is 11.3 Å². The van der Waals surface area contributed by atoms with Gasteiger partial charge in [-0.25, -0.2) is 4.98 Å². The van der Waals surface area contributed by atoms with Gasteiger partial charge in [0.1, 0.15) is 15.8 Å². The Morgan fingerprint density at radius 2 is 2.32 bits per heavy atom. The van der Waals surface area contributed by atoms with Crippen LogP contribution in [-0.4, -0.2) is 4.98 Å². The number of nitriles is 1. The predicted octanol–water partition coefficient (Wildman–Crippen LogP) is 4.04. The second-order valence-electron chi connectivity index (χ2n) is 4.13. The van der Waals surface area contributed by atoms with Crippen molar-refractivity contribution >= 4 is 38.6 Å². The van der Waals surface area contributed by atoms with Crippen molar-refractivity contribution in [2.45, 2.75) is 13.3 Å². The maximum atomic E-state index is 9.12. The standard InChI is InChI=1S/C14H11N3S2/c1-2-8-6-9(10-4-3-5-18-10)12-13(16)11(7-15)19-14(12)17-8/h3-6H,2,16H2,1H3. The zero-order chi connectivity index (χ0) is 13.4. The highest BCUT2D eigenvalue weighted by molar-refractivity contribution is 7.20. The number of aromatic nitrogens is 1. The molecule has 3 rings (SSSR count). The normalized spacial score (nSPS) is 10.7. The number of rotatable bonds is 2. The highest BCUT2D eigenvalue weighted by Crippen LogP contribution is 2.40. The molecule has 3 aromatic heterocycles. The van der Waals surface area contributed by atoms with Gasteiger partial charge in [-0.2, -0.15) is 5.26 Å². The lowest BCUT2D eigenvalue weighted by atomic mass is 10.1. The van der Waals surface area contributed by atoms with Crippen molar-refractivity contribution in [3.8, 4) is 16.5 Å².